The third kappa shape index (κ3) is 8.55. The summed E-state index contributed by atoms with van der Waals surface area (Å²) in [4.78, 5) is 38.5. The quantitative estimate of drug-likeness (QED) is 0.183. The molecule has 0 spiro atoms. The van der Waals surface area contributed by atoms with Crippen molar-refractivity contribution in [2.75, 3.05) is 62.2 Å². The Morgan fingerprint density at radius 2 is 1.65 bits per heavy atom. The van der Waals surface area contributed by atoms with Crippen molar-refractivity contribution in [3.63, 3.8) is 0 Å². The molecule has 0 aromatic heterocycles. The van der Waals surface area contributed by atoms with Gasteiger partial charge in [-0.05, 0) is 85.5 Å². The van der Waals surface area contributed by atoms with Crippen LogP contribution in [0.5, 0.6) is 23.0 Å². The number of amides is 2. The van der Waals surface area contributed by atoms with E-state index >= 15 is 0 Å². The maximum atomic E-state index is 13.6. The molecule has 3 aromatic rings. The summed E-state index contributed by atoms with van der Waals surface area (Å²) in [5.41, 5.74) is 4.38. The number of nitrogens with one attached hydrogen (secondary N) is 3. The summed E-state index contributed by atoms with van der Waals surface area (Å²) in [6.07, 6.45) is 4.99. The number of hydrogen-bond donors (Lipinski definition) is 3. The van der Waals surface area contributed by atoms with Crippen molar-refractivity contribution in [1.29, 1.82) is 0 Å². The predicted molar refractivity (Wildman–Crippen MR) is 202 cm³/mol. The van der Waals surface area contributed by atoms with Gasteiger partial charge in [-0.15, -0.1) is 0 Å². The Morgan fingerprint density at radius 3 is 2.35 bits per heavy atom. The first kappa shape index (κ1) is 38.3. The van der Waals surface area contributed by atoms with Crippen molar-refractivity contribution >= 4 is 38.9 Å². The van der Waals surface area contributed by atoms with Gasteiger partial charge in [0.1, 0.15) is 5.75 Å². The number of nitrogens with zero attached hydrogens (tertiary/aromatic N) is 1. The van der Waals surface area contributed by atoms with Crippen LogP contribution in [0.1, 0.15) is 69.0 Å². The Morgan fingerprint density at radius 1 is 0.885 bits per heavy atom. The van der Waals surface area contributed by atoms with E-state index in [1.165, 1.54) is 18.3 Å². The van der Waals surface area contributed by atoms with Crippen LogP contribution in [0, 0.1) is 0 Å². The minimum atomic E-state index is -3.40. The van der Waals surface area contributed by atoms with Crippen LogP contribution in [-0.2, 0) is 26.0 Å². The lowest BCUT2D eigenvalue weighted by Crippen LogP contribution is -2.38. The number of aryl methyl sites for hydroxylation is 1. The highest BCUT2D eigenvalue weighted by Gasteiger charge is 2.30. The monoisotopic (exact) mass is 736 g/mol. The Hall–Kier alpha value is -4.98. The van der Waals surface area contributed by atoms with Gasteiger partial charge in [-0.3, -0.25) is 18.7 Å². The highest BCUT2D eigenvalue weighted by molar-refractivity contribution is 7.92. The van der Waals surface area contributed by atoms with E-state index in [0.29, 0.717) is 90.8 Å². The summed E-state index contributed by atoms with van der Waals surface area (Å²) >= 11 is 0. The minimum Gasteiger partial charge on any atom is -0.494 e. The van der Waals surface area contributed by atoms with Crippen LogP contribution in [0.15, 0.2) is 47.3 Å². The van der Waals surface area contributed by atoms with Crippen LogP contribution in [0.2, 0.25) is 0 Å². The van der Waals surface area contributed by atoms with Crippen LogP contribution < -0.4 is 44.6 Å². The van der Waals surface area contributed by atoms with Crippen LogP contribution >= 0.6 is 0 Å². The second-order valence-corrected chi connectivity index (χ2v) is 14.9. The number of hydrogen-bond acceptors (Lipinski definition) is 10. The average molecular weight is 737 g/mol. The molecule has 3 aromatic carbocycles. The van der Waals surface area contributed by atoms with Crippen molar-refractivity contribution in [2.24, 2.45) is 0 Å². The smallest absolute Gasteiger partial charge is 0.235 e. The zero-order valence-corrected chi connectivity index (χ0v) is 31.2. The summed E-state index contributed by atoms with van der Waals surface area (Å²) in [6.45, 7) is 2.38. The molecule has 1 atom stereocenters. The van der Waals surface area contributed by atoms with Crippen LogP contribution in [-0.4, -0.2) is 67.5 Å². The number of carbonyl (C=O) groups excluding carboxylic acids is 2. The lowest BCUT2D eigenvalue weighted by atomic mass is 9.95. The largest absolute Gasteiger partial charge is 0.494 e. The summed E-state index contributed by atoms with van der Waals surface area (Å²) < 4.78 is 49.1. The first-order valence-electron chi connectivity index (χ1n) is 17.5. The van der Waals surface area contributed by atoms with Crippen molar-refractivity contribution in [3.8, 4) is 34.1 Å². The van der Waals surface area contributed by atoms with Gasteiger partial charge in [-0.2, -0.15) is 0 Å². The Balaban J connectivity index is 1.22. The van der Waals surface area contributed by atoms with Crippen LogP contribution in [0.3, 0.4) is 0 Å². The van der Waals surface area contributed by atoms with Gasteiger partial charge in [0.25, 0.3) is 0 Å². The molecule has 0 bridgehead atoms. The van der Waals surface area contributed by atoms with Gasteiger partial charge in [0.15, 0.2) is 11.5 Å². The molecule has 0 unspecified atom stereocenters. The normalized spacial score (nSPS) is 16.0. The molecule has 13 nitrogen and oxygen atoms in total. The van der Waals surface area contributed by atoms with Crippen molar-refractivity contribution in [3.05, 3.63) is 63.8 Å². The van der Waals surface area contributed by atoms with E-state index in [-0.39, 0.29) is 23.0 Å². The van der Waals surface area contributed by atoms with Gasteiger partial charge < -0.3 is 34.9 Å². The summed E-state index contributed by atoms with van der Waals surface area (Å²) in [7, 11) is 2.75. The second kappa shape index (κ2) is 17.0. The standard InChI is InChI=1S/C38H48N4O9S/c1-24(43)40-29-15-12-25-21-34(49-3)37(50-4)38(51-5)36(25)27-14-16-30(32(44)23-28(27)29)39-18-8-6-7-11-35(45)41-26-13-17-31(33(22-26)48-2)42-19-9-10-20-52(42,46)47/h13-14,16-17,21-23,29H,6-12,15,18-20H2,1-5H3,(H,39,44)(H,40,43)(H,41,45)/t29-/m0/s1. The molecule has 2 aliphatic rings. The first-order valence-corrected chi connectivity index (χ1v) is 19.1. The van der Waals surface area contributed by atoms with Crippen molar-refractivity contribution in [2.45, 2.75) is 64.3 Å². The van der Waals surface area contributed by atoms with Gasteiger partial charge in [-0.1, -0.05) is 12.5 Å². The van der Waals surface area contributed by atoms with E-state index in [1.807, 2.05) is 12.1 Å². The number of unbranched alkanes of at least 4 members (excludes halogenated alkanes) is 2. The number of sulfonamides is 1. The molecular formula is C38H48N4O9S. The lowest BCUT2D eigenvalue weighted by Gasteiger charge is -2.29. The summed E-state index contributed by atoms with van der Waals surface area (Å²) in [5.74, 6) is 1.59. The van der Waals surface area contributed by atoms with Gasteiger partial charge in [0.2, 0.25) is 33.0 Å². The number of fused-ring (bicyclic) bond motifs is 3. The van der Waals surface area contributed by atoms with Crippen molar-refractivity contribution in [1.82, 2.24) is 5.32 Å². The maximum absolute atomic E-state index is 13.6. The molecule has 5 rings (SSSR count). The molecule has 1 saturated heterocycles. The molecule has 1 aliphatic heterocycles. The number of carbonyl (C=O) groups is 2. The molecule has 1 heterocycles. The molecule has 52 heavy (non-hydrogen) atoms. The van der Waals surface area contributed by atoms with Crippen molar-refractivity contribution < 1.29 is 37.0 Å². The Kier molecular flexibility index (Phi) is 12.5. The zero-order chi connectivity index (χ0) is 37.4. The van der Waals surface area contributed by atoms with Crippen LogP contribution in [0.25, 0.3) is 11.1 Å². The summed E-state index contributed by atoms with van der Waals surface area (Å²) in [6, 6.07) is 11.7. The van der Waals surface area contributed by atoms with E-state index < -0.39 is 16.1 Å². The van der Waals surface area contributed by atoms with Gasteiger partial charge in [0, 0.05) is 43.8 Å². The third-order valence-corrected chi connectivity index (χ3v) is 11.2. The number of anilines is 3. The lowest BCUT2D eigenvalue weighted by molar-refractivity contribution is -0.119. The fourth-order valence-electron chi connectivity index (χ4n) is 6.91. The molecule has 3 N–H and O–H groups in total. The van der Waals surface area contributed by atoms with E-state index in [4.69, 9.17) is 18.9 Å². The highest BCUT2D eigenvalue weighted by Crippen LogP contribution is 2.50. The Bertz CT molecular complexity index is 1970. The number of rotatable bonds is 14. The molecular weight excluding hydrogens is 689 g/mol. The molecule has 1 aliphatic carbocycles. The van der Waals surface area contributed by atoms with E-state index in [0.717, 1.165) is 36.0 Å². The average Bonchev–Trinajstić information content (AvgIpc) is 3.36. The topological polar surface area (TPSA) is 162 Å². The first-order chi connectivity index (χ1) is 25.0. The molecule has 1 fully saturated rings. The van der Waals surface area contributed by atoms with E-state index in [1.54, 1.807) is 51.7 Å². The molecule has 280 valence electrons. The summed E-state index contributed by atoms with van der Waals surface area (Å²) in [5, 5.41) is 9.16. The zero-order valence-electron chi connectivity index (χ0n) is 30.4. The molecule has 2 amide bonds. The fourth-order valence-corrected chi connectivity index (χ4v) is 8.56. The maximum Gasteiger partial charge on any atom is 0.235 e. The number of methoxy groups -OCH3 is 4. The predicted octanol–water partition coefficient (Wildman–Crippen LogP) is 5.41. The van der Waals surface area contributed by atoms with Gasteiger partial charge >= 0.3 is 0 Å². The molecule has 0 saturated carbocycles. The Labute approximate surface area is 305 Å². The third-order valence-electron chi connectivity index (χ3n) is 9.39. The SMILES string of the molecule is COc1cc(NC(=O)CCCCCNc2ccc3c(cc2=O)[C@@H](NC(C)=O)CCc2cc(OC)c(OC)c(OC)c2-3)ccc1N1CCCCS1(=O)=O. The van der Waals surface area contributed by atoms with Gasteiger partial charge in [0.05, 0.1) is 51.6 Å². The highest BCUT2D eigenvalue weighted by atomic mass is 32.2. The fraction of sp³-hybridized carbons (Fsp3) is 0.447. The number of benzene rings is 2. The minimum absolute atomic E-state index is 0.103. The number of ether oxygens (including phenoxy) is 4. The second-order valence-electron chi connectivity index (χ2n) is 12.9. The van der Waals surface area contributed by atoms with E-state index in [2.05, 4.69) is 16.0 Å². The molecule has 0 radical (unpaired) electrons. The van der Waals surface area contributed by atoms with E-state index in [9.17, 15) is 22.8 Å². The van der Waals surface area contributed by atoms with Gasteiger partial charge in [-0.25, -0.2) is 8.42 Å². The molecule has 14 heteroatoms. The van der Waals surface area contributed by atoms with Crippen LogP contribution in [0.4, 0.5) is 17.1 Å².